The van der Waals surface area contributed by atoms with Gasteiger partial charge in [0.25, 0.3) is 0 Å². The Morgan fingerprint density at radius 1 is 1.44 bits per heavy atom. The van der Waals surface area contributed by atoms with Crippen LogP contribution in [0.15, 0.2) is 24.8 Å². The third-order valence-electron chi connectivity index (χ3n) is 3.49. The van der Waals surface area contributed by atoms with Crippen molar-refractivity contribution in [3.63, 3.8) is 0 Å². The SMILES string of the molecule is C=CC1CCc2c(ccc(C(F)(F)OC)c2F)C1. The van der Waals surface area contributed by atoms with Gasteiger partial charge in [-0.15, -0.1) is 6.58 Å². The van der Waals surface area contributed by atoms with Crippen molar-refractivity contribution < 1.29 is 17.9 Å². The van der Waals surface area contributed by atoms with Gasteiger partial charge in [-0.05, 0) is 42.4 Å². The summed E-state index contributed by atoms with van der Waals surface area (Å²) in [7, 11) is 0.868. The van der Waals surface area contributed by atoms with Crippen LogP contribution < -0.4 is 0 Å². The molecular weight excluding hydrogens is 241 g/mol. The lowest BCUT2D eigenvalue weighted by molar-refractivity contribution is -0.233. The smallest absolute Gasteiger partial charge is 0.320 e. The Kier molecular flexibility index (Phi) is 3.48. The lowest BCUT2D eigenvalue weighted by Crippen LogP contribution is -2.21. The maximum Gasteiger partial charge on any atom is 0.385 e. The van der Waals surface area contributed by atoms with E-state index < -0.39 is 17.5 Å². The summed E-state index contributed by atoms with van der Waals surface area (Å²) in [6.45, 7) is 3.72. The second-order valence-electron chi connectivity index (χ2n) is 4.52. The van der Waals surface area contributed by atoms with Crippen LogP contribution in [0.2, 0.25) is 0 Å². The van der Waals surface area contributed by atoms with Crippen LogP contribution in [-0.2, 0) is 23.7 Å². The van der Waals surface area contributed by atoms with Gasteiger partial charge >= 0.3 is 6.11 Å². The van der Waals surface area contributed by atoms with Gasteiger partial charge in [-0.3, -0.25) is 0 Å². The average Bonchev–Trinajstić information content (AvgIpc) is 2.38. The summed E-state index contributed by atoms with van der Waals surface area (Å²) in [5.41, 5.74) is 0.502. The number of methoxy groups -OCH3 is 1. The highest BCUT2D eigenvalue weighted by atomic mass is 19.3. The number of halogens is 3. The largest absolute Gasteiger partial charge is 0.385 e. The molecule has 0 radical (unpaired) electrons. The van der Waals surface area contributed by atoms with Crippen LogP contribution in [0.1, 0.15) is 23.1 Å². The van der Waals surface area contributed by atoms with Gasteiger partial charge < -0.3 is 4.74 Å². The number of allylic oxidation sites excluding steroid dienone is 1. The molecule has 1 aromatic rings. The number of ether oxygens (including phenoxy) is 1. The summed E-state index contributed by atoms with van der Waals surface area (Å²) in [6, 6.07) is 2.68. The molecular formula is C14H15F3O. The molecule has 1 unspecified atom stereocenters. The molecule has 1 aliphatic carbocycles. The lowest BCUT2D eigenvalue weighted by atomic mass is 9.83. The van der Waals surface area contributed by atoms with Gasteiger partial charge in [0.1, 0.15) is 5.82 Å². The predicted octanol–water partition coefficient (Wildman–Crippen LogP) is 3.81. The number of hydrogen-bond acceptors (Lipinski definition) is 1. The van der Waals surface area contributed by atoms with E-state index >= 15 is 0 Å². The van der Waals surface area contributed by atoms with Crippen molar-refractivity contribution >= 4 is 0 Å². The second-order valence-corrected chi connectivity index (χ2v) is 4.52. The van der Waals surface area contributed by atoms with E-state index in [0.717, 1.165) is 25.2 Å². The second kappa shape index (κ2) is 4.76. The quantitative estimate of drug-likeness (QED) is 0.747. The average molecular weight is 256 g/mol. The number of alkyl halides is 2. The molecule has 0 aliphatic heterocycles. The highest BCUT2D eigenvalue weighted by Gasteiger charge is 2.36. The third-order valence-corrected chi connectivity index (χ3v) is 3.49. The van der Waals surface area contributed by atoms with Crippen LogP contribution in [0.4, 0.5) is 13.2 Å². The molecule has 0 aromatic heterocycles. The number of hydrogen-bond donors (Lipinski definition) is 0. The van der Waals surface area contributed by atoms with Crippen molar-refractivity contribution in [3.05, 3.63) is 47.3 Å². The fourth-order valence-corrected chi connectivity index (χ4v) is 2.37. The summed E-state index contributed by atoms with van der Waals surface area (Å²) in [6.07, 6.45) is 0.127. The van der Waals surface area contributed by atoms with Crippen molar-refractivity contribution in [1.82, 2.24) is 0 Å². The normalized spacial score (nSPS) is 19.4. The van der Waals surface area contributed by atoms with Crippen molar-refractivity contribution in [2.75, 3.05) is 7.11 Å². The summed E-state index contributed by atoms with van der Waals surface area (Å²) >= 11 is 0. The van der Waals surface area contributed by atoms with Gasteiger partial charge in [-0.1, -0.05) is 12.1 Å². The van der Waals surface area contributed by atoms with Crippen LogP contribution in [0.3, 0.4) is 0 Å². The van der Waals surface area contributed by atoms with Crippen molar-refractivity contribution in [2.24, 2.45) is 5.92 Å². The maximum atomic E-state index is 14.1. The Labute approximate surface area is 104 Å². The minimum atomic E-state index is -3.58. The molecule has 0 fully saturated rings. The maximum absolute atomic E-state index is 14.1. The first-order valence-electron chi connectivity index (χ1n) is 5.86. The van der Waals surface area contributed by atoms with Crippen LogP contribution >= 0.6 is 0 Å². The van der Waals surface area contributed by atoms with E-state index in [1.165, 1.54) is 0 Å². The topological polar surface area (TPSA) is 9.23 Å². The lowest BCUT2D eigenvalue weighted by Gasteiger charge is -2.25. The Balaban J connectivity index is 2.43. The molecule has 4 heteroatoms. The van der Waals surface area contributed by atoms with Crippen LogP contribution in [0.5, 0.6) is 0 Å². The van der Waals surface area contributed by atoms with Gasteiger partial charge in [0, 0.05) is 7.11 Å². The first kappa shape index (κ1) is 13.1. The molecule has 1 nitrogen and oxygen atoms in total. The molecule has 1 aliphatic rings. The highest BCUT2D eigenvalue weighted by Crippen LogP contribution is 2.36. The fraction of sp³-hybridized carbons (Fsp3) is 0.429. The predicted molar refractivity (Wildman–Crippen MR) is 63.0 cm³/mol. The van der Waals surface area contributed by atoms with Gasteiger partial charge in [0.2, 0.25) is 0 Å². The monoisotopic (exact) mass is 256 g/mol. The van der Waals surface area contributed by atoms with E-state index in [1.54, 1.807) is 6.07 Å². The van der Waals surface area contributed by atoms with E-state index in [4.69, 9.17) is 0 Å². The fourth-order valence-electron chi connectivity index (χ4n) is 2.37. The van der Waals surface area contributed by atoms with E-state index in [0.29, 0.717) is 24.3 Å². The van der Waals surface area contributed by atoms with E-state index in [2.05, 4.69) is 11.3 Å². The zero-order valence-corrected chi connectivity index (χ0v) is 10.2. The molecule has 0 bridgehead atoms. The van der Waals surface area contributed by atoms with Crippen LogP contribution in [0.25, 0.3) is 0 Å². The van der Waals surface area contributed by atoms with Crippen LogP contribution in [-0.4, -0.2) is 7.11 Å². The molecule has 1 aromatic carbocycles. The molecule has 2 rings (SSSR count). The first-order valence-corrected chi connectivity index (χ1v) is 5.86. The van der Waals surface area contributed by atoms with Crippen molar-refractivity contribution in [3.8, 4) is 0 Å². The zero-order chi connectivity index (χ0) is 13.3. The van der Waals surface area contributed by atoms with Gasteiger partial charge in [-0.25, -0.2) is 4.39 Å². The Morgan fingerprint density at radius 2 is 2.17 bits per heavy atom. The molecule has 98 valence electrons. The van der Waals surface area contributed by atoms with Gasteiger partial charge in [0.05, 0.1) is 5.56 Å². The Morgan fingerprint density at radius 3 is 2.78 bits per heavy atom. The molecule has 0 amide bonds. The molecule has 0 spiro atoms. The summed E-state index contributed by atoms with van der Waals surface area (Å²) in [5, 5.41) is 0. The Bertz CT molecular complexity index is 468. The van der Waals surface area contributed by atoms with E-state index in [-0.39, 0.29) is 0 Å². The summed E-state index contributed by atoms with van der Waals surface area (Å²) < 4.78 is 44.9. The summed E-state index contributed by atoms with van der Waals surface area (Å²) in [5.74, 6) is -0.535. The summed E-state index contributed by atoms with van der Waals surface area (Å²) in [4.78, 5) is 0. The van der Waals surface area contributed by atoms with Crippen molar-refractivity contribution in [1.29, 1.82) is 0 Å². The van der Waals surface area contributed by atoms with Crippen LogP contribution in [0, 0.1) is 11.7 Å². The number of fused-ring (bicyclic) bond motifs is 1. The highest BCUT2D eigenvalue weighted by molar-refractivity contribution is 5.37. The molecule has 0 saturated carbocycles. The van der Waals surface area contributed by atoms with Gasteiger partial charge in [-0.2, -0.15) is 8.78 Å². The van der Waals surface area contributed by atoms with Gasteiger partial charge in [0.15, 0.2) is 0 Å². The third kappa shape index (κ3) is 2.17. The Hall–Kier alpha value is -1.29. The number of rotatable bonds is 3. The molecule has 18 heavy (non-hydrogen) atoms. The standard InChI is InChI=1S/C14H15F3O/c1-3-9-4-6-11-10(8-9)5-7-12(13(11)15)14(16,17)18-2/h3,5,7,9H,1,4,6,8H2,2H3. The minimum absolute atomic E-state index is 0.297. The van der Waals surface area contributed by atoms with E-state index in [9.17, 15) is 13.2 Å². The van der Waals surface area contributed by atoms with Crippen molar-refractivity contribution in [2.45, 2.75) is 25.4 Å². The molecule has 1 atom stereocenters. The molecule has 0 N–H and O–H groups in total. The molecule has 0 heterocycles. The number of benzene rings is 1. The molecule has 0 saturated heterocycles. The minimum Gasteiger partial charge on any atom is -0.320 e. The van der Waals surface area contributed by atoms with E-state index in [1.807, 2.05) is 6.08 Å². The zero-order valence-electron chi connectivity index (χ0n) is 10.2. The first-order chi connectivity index (χ1) is 8.49.